The van der Waals surface area contributed by atoms with Crippen molar-refractivity contribution in [2.24, 2.45) is 40.9 Å². The van der Waals surface area contributed by atoms with Gasteiger partial charge < -0.3 is 0 Å². The Balaban J connectivity index is 1.61. The molecular weight excluding hydrogens is 259 g/mol. The van der Waals surface area contributed by atoms with Crippen LogP contribution in [0.15, 0.2) is 0 Å². The molecule has 0 heterocycles. The van der Waals surface area contributed by atoms with Crippen LogP contribution >= 0.6 is 0 Å². The first-order valence-corrected chi connectivity index (χ1v) is 9.55. The standard InChI is InChI=1S/C16H25FOS/c1-16(3-4-17)8-10-6-12(16)15-9-5-11(14(10)15)13(7-9)19(2)18/h9-15H,3-8H2,1-2H3. The predicted molar refractivity (Wildman–Crippen MR) is 76.0 cm³/mol. The van der Waals surface area contributed by atoms with Crippen molar-refractivity contribution >= 4 is 10.8 Å². The van der Waals surface area contributed by atoms with Gasteiger partial charge in [-0.2, -0.15) is 0 Å². The third kappa shape index (κ3) is 1.54. The average molecular weight is 284 g/mol. The number of halogens is 1. The Morgan fingerprint density at radius 2 is 2.00 bits per heavy atom. The summed E-state index contributed by atoms with van der Waals surface area (Å²) in [5.74, 6) is 4.88. The minimum Gasteiger partial charge on any atom is -0.260 e. The second-order valence-electron chi connectivity index (χ2n) is 7.99. The van der Waals surface area contributed by atoms with Crippen LogP contribution in [0.3, 0.4) is 0 Å². The first-order valence-electron chi connectivity index (χ1n) is 7.93. The average Bonchev–Trinajstić information content (AvgIpc) is 3.02. The molecule has 19 heavy (non-hydrogen) atoms. The van der Waals surface area contributed by atoms with Gasteiger partial charge in [0.05, 0.1) is 6.67 Å². The summed E-state index contributed by atoms with van der Waals surface area (Å²) < 4.78 is 24.8. The van der Waals surface area contributed by atoms with Crippen molar-refractivity contribution in [3.05, 3.63) is 0 Å². The zero-order valence-electron chi connectivity index (χ0n) is 12.0. The SMILES string of the molecule is CS(=O)C1CC2CC1C1C3CC(C21)C(C)(CCF)C3. The van der Waals surface area contributed by atoms with Crippen LogP contribution in [-0.4, -0.2) is 22.4 Å². The molecule has 0 spiro atoms. The smallest absolute Gasteiger partial charge is 0.0899 e. The Morgan fingerprint density at radius 1 is 1.21 bits per heavy atom. The van der Waals surface area contributed by atoms with Crippen molar-refractivity contribution in [3.8, 4) is 0 Å². The molecule has 4 rings (SSSR count). The van der Waals surface area contributed by atoms with Gasteiger partial charge in [-0.1, -0.05) is 6.92 Å². The number of fused-ring (bicyclic) bond motifs is 9. The molecule has 1 nitrogen and oxygen atoms in total. The quantitative estimate of drug-likeness (QED) is 0.726. The van der Waals surface area contributed by atoms with Gasteiger partial charge in [0.15, 0.2) is 0 Å². The number of alkyl halides is 1. The summed E-state index contributed by atoms with van der Waals surface area (Å²) in [6.07, 6.45) is 7.80. The molecule has 0 saturated heterocycles. The molecule has 3 heteroatoms. The van der Waals surface area contributed by atoms with Crippen LogP contribution in [0, 0.1) is 40.9 Å². The minimum atomic E-state index is -0.635. The lowest BCUT2D eigenvalue weighted by Gasteiger charge is -2.46. The van der Waals surface area contributed by atoms with Crippen molar-refractivity contribution in [1.82, 2.24) is 0 Å². The number of hydrogen-bond acceptors (Lipinski definition) is 1. The second kappa shape index (κ2) is 4.05. The van der Waals surface area contributed by atoms with Crippen LogP contribution in [0.5, 0.6) is 0 Å². The summed E-state index contributed by atoms with van der Waals surface area (Å²) in [6, 6.07) is 0. The number of hydrogen-bond donors (Lipinski definition) is 0. The predicted octanol–water partition coefficient (Wildman–Crippen LogP) is 3.41. The van der Waals surface area contributed by atoms with Crippen LogP contribution in [0.2, 0.25) is 0 Å². The highest BCUT2D eigenvalue weighted by molar-refractivity contribution is 7.84. The van der Waals surface area contributed by atoms with Gasteiger partial charge in [-0.05, 0) is 73.0 Å². The topological polar surface area (TPSA) is 17.1 Å². The first kappa shape index (κ1) is 12.8. The van der Waals surface area contributed by atoms with Crippen LogP contribution in [0.25, 0.3) is 0 Å². The van der Waals surface area contributed by atoms with Crippen molar-refractivity contribution < 1.29 is 8.60 Å². The van der Waals surface area contributed by atoms with E-state index in [0.717, 1.165) is 41.9 Å². The van der Waals surface area contributed by atoms with Gasteiger partial charge in [0.1, 0.15) is 0 Å². The van der Waals surface area contributed by atoms with E-state index in [1.165, 1.54) is 25.7 Å². The summed E-state index contributed by atoms with van der Waals surface area (Å²) in [6.45, 7) is 2.20. The fourth-order valence-corrected chi connectivity index (χ4v) is 8.20. The van der Waals surface area contributed by atoms with E-state index in [4.69, 9.17) is 0 Å². The lowest BCUT2D eigenvalue weighted by atomic mass is 9.60. The lowest BCUT2D eigenvalue weighted by Crippen LogP contribution is -2.42. The van der Waals surface area contributed by atoms with Crippen molar-refractivity contribution in [2.45, 2.75) is 44.3 Å². The molecule has 9 unspecified atom stereocenters. The molecule has 0 aliphatic heterocycles. The van der Waals surface area contributed by atoms with E-state index >= 15 is 0 Å². The summed E-state index contributed by atoms with van der Waals surface area (Å²) >= 11 is 0. The monoisotopic (exact) mass is 284 g/mol. The second-order valence-corrected chi connectivity index (χ2v) is 9.59. The maximum Gasteiger partial charge on any atom is 0.0899 e. The largest absolute Gasteiger partial charge is 0.260 e. The van der Waals surface area contributed by atoms with Gasteiger partial charge in [0, 0.05) is 22.3 Å². The normalized spacial score (nSPS) is 59.6. The maximum absolute atomic E-state index is 12.9. The van der Waals surface area contributed by atoms with E-state index in [-0.39, 0.29) is 12.1 Å². The molecule has 0 amide bonds. The van der Waals surface area contributed by atoms with Gasteiger partial charge in [-0.25, -0.2) is 0 Å². The van der Waals surface area contributed by atoms with Gasteiger partial charge in [0.2, 0.25) is 0 Å². The zero-order chi connectivity index (χ0) is 13.4. The van der Waals surface area contributed by atoms with E-state index in [1.807, 2.05) is 6.26 Å². The van der Waals surface area contributed by atoms with Crippen LogP contribution < -0.4 is 0 Å². The fourth-order valence-electron chi connectivity index (χ4n) is 6.89. The summed E-state index contributed by atoms with van der Waals surface area (Å²) in [5.41, 5.74) is 0.284. The molecule has 108 valence electrons. The molecule has 4 aliphatic rings. The molecule has 4 saturated carbocycles. The molecule has 4 aliphatic carbocycles. The molecule has 0 N–H and O–H groups in total. The Morgan fingerprint density at radius 3 is 2.68 bits per heavy atom. The molecule has 4 fully saturated rings. The van der Waals surface area contributed by atoms with Gasteiger partial charge in [0.25, 0.3) is 0 Å². The summed E-state index contributed by atoms with van der Waals surface area (Å²) in [4.78, 5) is 0. The Labute approximate surface area is 118 Å². The molecule has 0 aromatic heterocycles. The van der Waals surface area contributed by atoms with E-state index in [0.29, 0.717) is 5.25 Å². The van der Waals surface area contributed by atoms with Gasteiger partial charge in [-0.15, -0.1) is 0 Å². The lowest BCUT2D eigenvalue weighted by molar-refractivity contribution is 0.0374. The van der Waals surface area contributed by atoms with Gasteiger partial charge >= 0.3 is 0 Å². The molecule has 0 aromatic rings. The van der Waals surface area contributed by atoms with E-state index < -0.39 is 10.8 Å². The summed E-state index contributed by atoms with van der Waals surface area (Å²) in [5, 5.41) is 0.484. The molecule has 4 bridgehead atoms. The van der Waals surface area contributed by atoms with Crippen molar-refractivity contribution in [2.75, 3.05) is 12.9 Å². The number of rotatable bonds is 3. The fraction of sp³-hybridized carbons (Fsp3) is 1.00. The minimum absolute atomic E-state index is 0.146. The zero-order valence-corrected chi connectivity index (χ0v) is 12.8. The maximum atomic E-state index is 12.9. The van der Waals surface area contributed by atoms with Crippen molar-refractivity contribution in [3.63, 3.8) is 0 Å². The highest BCUT2D eigenvalue weighted by atomic mass is 32.2. The van der Waals surface area contributed by atoms with Gasteiger partial charge in [-0.3, -0.25) is 8.60 Å². The highest BCUT2D eigenvalue weighted by Gasteiger charge is 2.67. The third-order valence-corrected chi connectivity index (χ3v) is 8.75. The molecule has 0 radical (unpaired) electrons. The van der Waals surface area contributed by atoms with Crippen LogP contribution in [0.4, 0.5) is 4.39 Å². The first-order chi connectivity index (χ1) is 9.05. The molecular formula is C16H25FOS. The van der Waals surface area contributed by atoms with E-state index in [2.05, 4.69) is 6.92 Å². The molecule has 9 atom stereocenters. The highest BCUT2D eigenvalue weighted by Crippen LogP contribution is 2.72. The van der Waals surface area contributed by atoms with Crippen molar-refractivity contribution in [1.29, 1.82) is 0 Å². The van der Waals surface area contributed by atoms with E-state index in [9.17, 15) is 8.60 Å². The molecule has 0 aromatic carbocycles. The summed E-state index contributed by atoms with van der Waals surface area (Å²) in [7, 11) is -0.635. The van der Waals surface area contributed by atoms with Crippen LogP contribution in [-0.2, 0) is 10.8 Å². The van der Waals surface area contributed by atoms with Crippen LogP contribution in [0.1, 0.15) is 39.0 Å². The third-order valence-electron chi connectivity index (χ3n) is 7.35. The van der Waals surface area contributed by atoms with E-state index in [1.54, 1.807) is 0 Å². The Kier molecular flexibility index (Phi) is 2.73. The Bertz CT molecular complexity index is 425. The Hall–Kier alpha value is 0.0800.